The number of benzene rings is 1. The second-order valence-corrected chi connectivity index (χ2v) is 4.39. The maximum atomic E-state index is 13.0. The van der Waals surface area contributed by atoms with Gasteiger partial charge in [0.15, 0.2) is 0 Å². The zero-order chi connectivity index (χ0) is 14.4. The van der Waals surface area contributed by atoms with E-state index in [1.165, 1.54) is 12.1 Å². The van der Waals surface area contributed by atoms with Crippen LogP contribution in [0.3, 0.4) is 0 Å². The third-order valence-electron chi connectivity index (χ3n) is 2.62. The molecule has 0 aliphatic carbocycles. The van der Waals surface area contributed by atoms with Crippen LogP contribution < -0.4 is 10.6 Å². The number of carboxylic acid groups (broad SMARTS) is 1. The molecule has 1 atom stereocenters. The normalized spacial score (nSPS) is 11.7. The van der Waals surface area contributed by atoms with Crippen LogP contribution in [0.25, 0.3) is 0 Å². The van der Waals surface area contributed by atoms with E-state index in [-0.39, 0.29) is 12.5 Å². The lowest BCUT2D eigenvalue weighted by Gasteiger charge is -2.14. The molecule has 19 heavy (non-hydrogen) atoms. The topological polar surface area (TPSA) is 78.4 Å². The highest BCUT2D eigenvalue weighted by Gasteiger charge is 2.10. The van der Waals surface area contributed by atoms with E-state index in [1.807, 2.05) is 0 Å². The minimum Gasteiger partial charge on any atom is -0.481 e. The van der Waals surface area contributed by atoms with Crippen LogP contribution >= 0.6 is 0 Å². The Kier molecular flexibility index (Phi) is 5.29. The van der Waals surface area contributed by atoms with Crippen LogP contribution in [0, 0.1) is 12.7 Å². The van der Waals surface area contributed by atoms with Gasteiger partial charge in [0, 0.05) is 18.2 Å². The first-order valence-electron chi connectivity index (χ1n) is 5.94. The summed E-state index contributed by atoms with van der Waals surface area (Å²) in [7, 11) is 0. The minimum absolute atomic E-state index is 0.0135. The summed E-state index contributed by atoms with van der Waals surface area (Å²) in [4.78, 5) is 22.0. The smallest absolute Gasteiger partial charge is 0.319 e. The SMILES string of the molecule is Cc1ccc(F)cc1NC(=O)NC(C)CCC(=O)O. The molecule has 2 amide bonds. The molecule has 0 heterocycles. The second kappa shape index (κ2) is 6.72. The third-order valence-corrected chi connectivity index (χ3v) is 2.62. The summed E-state index contributed by atoms with van der Waals surface area (Å²) in [6, 6.07) is 3.36. The molecule has 0 saturated carbocycles. The van der Waals surface area contributed by atoms with Crippen LogP contribution in [0.2, 0.25) is 0 Å². The van der Waals surface area contributed by atoms with Gasteiger partial charge in [-0.1, -0.05) is 6.07 Å². The van der Waals surface area contributed by atoms with Crippen molar-refractivity contribution < 1.29 is 19.1 Å². The van der Waals surface area contributed by atoms with Crippen molar-refractivity contribution in [1.29, 1.82) is 0 Å². The average Bonchev–Trinajstić information content (AvgIpc) is 2.31. The summed E-state index contributed by atoms with van der Waals surface area (Å²) in [6.45, 7) is 3.46. The second-order valence-electron chi connectivity index (χ2n) is 4.39. The number of halogens is 1. The molecule has 1 rings (SSSR count). The van der Waals surface area contributed by atoms with E-state index < -0.39 is 17.8 Å². The van der Waals surface area contributed by atoms with Crippen LogP contribution in [-0.4, -0.2) is 23.1 Å². The zero-order valence-electron chi connectivity index (χ0n) is 10.9. The van der Waals surface area contributed by atoms with E-state index in [4.69, 9.17) is 5.11 Å². The third kappa shape index (κ3) is 5.37. The van der Waals surface area contributed by atoms with E-state index in [0.717, 1.165) is 5.56 Å². The van der Waals surface area contributed by atoms with Crippen molar-refractivity contribution in [3.8, 4) is 0 Å². The molecular weight excluding hydrogens is 251 g/mol. The highest BCUT2D eigenvalue weighted by atomic mass is 19.1. The summed E-state index contributed by atoms with van der Waals surface area (Å²) in [5.41, 5.74) is 1.14. The molecule has 0 spiro atoms. The molecule has 0 bridgehead atoms. The Morgan fingerprint density at radius 3 is 2.74 bits per heavy atom. The summed E-state index contributed by atoms with van der Waals surface area (Å²) in [6.07, 6.45) is 0.325. The van der Waals surface area contributed by atoms with Gasteiger partial charge in [-0.2, -0.15) is 0 Å². The largest absolute Gasteiger partial charge is 0.481 e. The number of nitrogens with one attached hydrogen (secondary N) is 2. The molecule has 1 aromatic carbocycles. The van der Waals surface area contributed by atoms with Gasteiger partial charge in [-0.15, -0.1) is 0 Å². The molecule has 0 aliphatic heterocycles. The fourth-order valence-electron chi connectivity index (χ4n) is 1.52. The van der Waals surface area contributed by atoms with Crippen LogP contribution in [0.5, 0.6) is 0 Å². The van der Waals surface area contributed by atoms with Crippen molar-refractivity contribution in [2.75, 3.05) is 5.32 Å². The van der Waals surface area contributed by atoms with Gasteiger partial charge in [-0.3, -0.25) is 4.79 Å². The summed E-state index contributed by atoms with van der Waals surface area (Å²) >= 11 is 0. The molecule has 3 N–H and O–H groups in total. The number of carbonyl (C=O) groups is 2. The standard InChI is InChI=1S/C13H17FN2O3/c1-8-3-5-10(14)7-11(8)16-13(19)15-9(2)4-6-12(17)18/h3,5,7,9H,4,6H2,1-2H3,(H,17,18)(H2,15,16,19). The molecule has 0 aliphatic rings. The van der Waals surface area contributed by atoms with Gasteiger partial charge in [0.25, 0.3) is 0 Å². The average molecular weight is 268 g/mol. The lowest BCUT2D eigenvalue weighted by Crippen LogP contribution is -2.36. The summed E-state index contributed by atoms with van der Waals surface area (Å²) < 4.78 is 13.0. The molecule has 104 valence electrons. The van der Waals surface area contributed by atoms with Gasteiger partial charge >= 0.3 is 12.0 Å². The molecule has 6 heteroatoms. The predicted molar refractivity (Wildman–Crippen MR) is 69.6 cm³/mol. The van der Waals surface area contributed by atoms with Crippen molar-refractivity contribution in [3.63, 3.8) is 0 Å². The fraction of sp³-hybridized carbons (Fsp3) is 0.385. The molecule has 0 fully saturated rings. The Morgan fingerprint density at radius 1 is 1.42 bits per heavy atom. The zero-order valence-corrected chi connectivity index (χ0v) is 10.9. The Hall–Kier alpha value is -2.11. The van der Waals surface area contributed by atoms with Gasteiger partial charge < -0.3 is 15.7 Å². The number of carbonyl (C=O) groups excluding carboxylic acids is 1. The number of aryl methyl sites for hydroxylation is 1. The lowest BCUT2D eigenvalue weighted by atomic mass is 10.2. The monoisotopic (exact) mass is 268 g/mol. The van der Waals surface area contributed by atoms with E-state index >= 15 is 0 Å². The van der Waals surface area contributed by atoms with E-state index in [1.54, 1.807) is 19.9 Å². The molecule has 1 aromatic rings. The lowest BCUT2D eigenvalue weighted by molar-refractivity contribution is -0.137. The van der Waals surface area contributed by atoms with Gasteiger partial charge in [-0.05, 0) is 38.0 Å². The molecular formula is C13H17FN2O3. The number of anilines is 1. The predicted octanol–water partition coefficient (Wildman–Crippen LogP) is 2.51. The Balaban J connectivity index is 2.50. The number of carboxylic acids is 1. The molecule has 0 radical (unpaired) electrons. The first-order chi connectivity index (χ1) is 8.88. The first-order valence-corrected chi connectivity index (χ1v) is 5.94. The number of rotatable bonds is 5. The van der Waals surface area contributed by atoms with Gasteiger partial charge in [-0.25, -0.2) is 9.18 Å². The number of urea groups is 1. The van der Waals surface area contributed by atoms with Crippen molar-refractivity contribution in [1.82, 2.24) is 5.32 Å². The van der Waals surface area contributed by atoms with Crippen LogP contribution in [0.4, 0.5) is 14.9 Å². The summed E-state index contributed by atoms with van der Waals surface area (Å²) in [5.74, 6) is -1.34. The van der Waals surface area contributed by atoms with Gasteiger partial charge in [0.05, 0.1) is 0 Å². The Bertz CT molecular complexity index is 477. The molecule has 0 saturated heterocycles. The maximum Gasteiger partial charge on any atom is 0.319 e. The maximum absolute atomic E-state index is 13.0. The quantitative estimate of drug-likeness (QED) is 0.767. The highest BCUT2D eigenvalue weighted by Crippen LogP contribution is 2.15. The highest BCUT2D eigenvalue weighted by molar-refractivity contribution is 5.90. The van der Waals surface area contributed by atoms with Crippen LogP contribution in [0.15, 0.2) is 18.2 Å². The van der Waals surface area contributed by atoms with Gasteiger partial charge in [0.2, 0.25) is 0 Å². The van der Waals surface area contributed by atoms with Crippen molar-refractivity contribution in [2.45, 2.75) is 32.7 Å². The van der Waals surface area contributed by atoms with E-state index in [2.05, 4.69) is 10.6 Å². The molecule has 5 nitrogen and oxygen atoms in total. The minimum atomic E-state index is -0.907. The van der Waals surface area contributed by atoms with Crippen molar-refractivity contribution in [3.05, 3.63) is 29.6 Å². The number of hydrogen-bond acceptors (Lipinski definition) is 2. The van der Waals surface area contributed by atoms with E-state index in [0.29, 0.717) is 12.1 Å². The first kappa shape index (κ1) is 14.9. The summed E-state index contributed by atoms with van der Waals surface area (Å²) in [5, 5.41) is 13.7. The number of amides is 2. The fourth-order valence-corrected chi connectivity index (χ4v) is 1.52. The number of hydrogen-bond donors (Lipinski definition) is 3. The Labute approximate surface area is 110 Å². The van der Waals surface area contributed by atoms with Crippen molar-refractivity contribution >= 4 is 17.7 Å². The van der Waals surface area contributed by atoms with Crippen LogP contribution in [-0.2, 0) is 4.79 Å². The van der Waals surface area contributed by atoms with E-state index in [9.17, 15) is 14.0 Å². The van der Waals surface area contributed by atoms with Crippen molar-refractivity contribution in [2.24, 2.45) is 0 Å². The molecule has 1 unspecified atom stereocenters. The Morgan fingerprint density at radius 2 is 2.11 bits per heavy atom. The molecule has 0 aromatic heterocycles. The van der Waals surface area contributed by atoms with Crippen LogP contribution in [0.1, 0.15) is 25.3 Å². The van der Waals surface area contributed by atoms with Gasteiger partial charge in [0.1, 0.15) is 5.82 Å². The number of aliphatic carboxylic acids is 1.